The number of phenols is 1. The van der Waals surface area contributed by atoms with Crippen LogP contribution in [-0.4, -0.2) is 17.5 Å². The molecule has 0 spiro atoms. The van der Waals surface area contributed by atoms with Gasteiger partial charge in [-0.05, 0) is 35.4 Å². The first-order valence-corrected chi connectivity index (χ1v) is 9.85. The molecule has 4 aromatic carbocycles. The van der Waals surface area contributed by atoms with E-state index in [4.69, 9.17) is 9.15 Å². The molecule has 5 aromatic rings. The van der Waals surface area contributed by atoms with Crippen molar-refractivity contribution in [3.8, 4) is 11.5 Å². The maximum atomic E-state index is 12.8. The Bertz CT molecular complexity index is 1550. The number of aryl methyl sites for hydroxylation is 1. The smallest absolute Gasteiger partial charge is 0.204 e. The van der Waals surface area contributed by atoms with Crippen molar-refractivity contribution in [3.05, 3.63) is 94.1 Å². The highest BCUT2D eigenvalue weighted by molar-refractivity contribution is 6.01. The quantitative estimate of drug-likeness (QED) is 0.318. The average Bonchev–Trinajstić information content (AvgIpc) is 2.77. The highest BCUT2D eigenvalue weighted by Crippen LogP contribution is 2.31. The standard InChI is InChI=1S/C26H18O5/c1-15-5-4-8-20-25(29)24-21(27)12-19(13-23(24)31-26(15)20)30-14-22(28)18-10-9-16-6-2-3-7-17(16)11-18/h2-13,27H,14H2,1H3. The third-order valence-corrected chi connectivity index (χ3v) is 5.39. The summed E-state index contributed by atoms with van der Waals surface area (Å²) in [6, 6.07) is 21.4. The van der Waals surface area contributed by atoms with Gasteiger partial charge in [-0.3, -0.25) is 9.59 Å². The molecule has 0 bridgehead atoms. The highest BCUT2D eigenvalue weighted by Gasteiger charge is 2.15. The molecule has 0 atom stereocenters. The Morgan fingerprint density at radius 2 is 1.77 bits per heavy atom. The maximum Gasteiger partial charge on any atom is 0.204 e. The van der Waals surface area contributed by atoms with Crippen LogP contribution < -0.4 is 10.2 Å². The summed E-state index contributed by atoms with van der Waals surface area (Å²) >= 11 is 0. The predicted molar refractivity (Wildman–Crippen MR) is 120 cm³/mol. The fourth-order valence-electron chi connectivity index (χ4n) is 3.77. The lowest BCUT2D eigenvalue weighted by Gasteiger charge is -2.10. The number of carbonyl (C=O) groups excluding carboxylic acids is 1. The molecule has 0 amide bonds. The van der Waals surface area contributed by atoms with Crippen molar-refractivity contribution in [1.82, 2.24) is 0 Å². The van der Waals surface area contributed by atoms with Crippen molar-refractivity contribution in [3.63, 3.8) is 0 Å². The zero-order valence-corrected chi connectivity index (χ0v) is 16.7. The number of ketones is 1. The van der Waals surface area contributed by atoms with Crippen molar-refractivity contribution < 1.29 is 19.1 Å². The minimum absolute atomic E-state index is 0.0892. The monoisotopic (exact) mass is 410 g/mol. The molecule has 1 heterocycles. The molecule has 31 heavy (non-hydrogen) atoms. The van der Waals surface area contributed by atoms with Gasteiger partial charge in [0.2, 0.25) is 5.43 Å². The fraction of sp³-hybridized carbons (Fsp3) is 0.0769. The Morgan fingerprint density at radius 1 is 0.968 bits per heavy atom. The average molecular weight is 410 g/mol. The molecule has 0 unspecified atom stereocenters. The van der Waals surface area contributed by atoms with Crippen LogP contribution >= 0.6 is 0 Å². The van der Waals surface area contributed by atoms with Gasteiger partial charge in [0.05, 0.1) is 5.39 Å². The maximum absolute atomic E-state index is 12.8. The van der Waals surface area contributed by atoms with Gasteiger partial charge in [0.15, 0.2) is 12.4 Å². The number of carbonyl (C=O) groups is 1. The predicted octanol–water partition coefficient (Wildman–Crippen LogP) is 5.38. The van der Waals surface area contributed by atoms with E-state index in [1.165, 1.54) is 12.1 Å². The summed E-state index contributed by atoms with van der Waals surface area (Å²) in [4.78, 5) is 25.4. The van der Waals surface area contributed by atoms with Gasteiger partial charge in [0.25, 0.3) is 0 Å². The summed E-state index contributed by atoms with van der Waals surface area (Å²) in [5.41, 5.74) is 1.71. The van der Waals surface area contributed by atoms with E-state index in [-0.39, 0.29) is 40.3 Å². The fourth-order valence-corrected chi connectivity index (χ4v) is 3.77. The van der Waals surface area contributed by atoms with Crippen LogP contribution in [0.2, 0.25) is 0 Å². The van der Waals surface area contributed by atoms with Crippen LogP contribution in [0.3, 0.4) is 0 Å². The van der Waals surface area contributed by atoms with Gasteiger partial charge in [-0.15, -0.1) is 0 Å². The first-order chi connectivity index (χ1) is 15.0. The molecule has 5 rings (SSSR count). The van der Waals surface area contributed by atoms with Crippen LogP contribution in [-0.2, 0) is 0 Å². The first-order valence-electron chi connectivity index (χ1n) is 9.85. The van der Waals surface area contributed by atoms with E-state index in [0.717, 1.165) is 16.3 Å². The van der Waals surface area contributed by atoms with Crippen molar-refractivity contribution in [1.29, 1.82) is 0 Å². The van der Waals surface area contributed by atoms with Gasteiger partial charge in [-0.1, -0.05) is 48.5 Å². The van der Waals surface area contributed by atoms with Crippen LogP contribution in [0.15, 0.2) is 82.0 Å². The van der Waals surface area contributed by atoms with Gasteiger partial charge in [-0.2, -0.15) is 0 Å². The number of hydrogen-bond donors (Lipinski definition) is 1. The summed E-state index contributed by atoms with van der Waals surface area (Å²) < 4.78 is 11.5. The Morgan fingerprint density at radius 3 is 2.61 bits per heavy atom. The topological polar surface area (TPSA) is 76.7 Å². The van der Waals surface area contributed by atoms with E-state index >= 15 is 0 Å². The van der Waals surface area contributed by atoms with Crippen LogP contribution in [0.4, 0.5) is 0 Å². The summed E-state index contributed by atoms with van der Waals surface area (Å²) in [6.45, 7) is 1.64. The highest BCUT2D eigenvalue weighted by atomic mass is 16.5. The third kappa shape index (κ3) is 3.30. The van der Waals surface area contributed by atoms with Gasteiger partial charge >= 0.3 is 0 Å². The Hall–Kier alpha value is -4.12. The second-order valence-corrected chi connectivity index (χ2v) is 7.47. The Labute approximate surface area is 177 Å². The van der Waals surface area contributed by atoms with E-state index in [9.17, 15) is 14.7 Å². The largest absolute Gasteiger partial charge is 0.507 e. The van der Waals surface area contributed by atoms with Gasteiger partial charge in [0.1, 0.15) is 28.1 Å². The van der Waals surface area contributed by atoms with Gasteiger partial charge in [0, 0.05) is 17.7 Å². The number of para-hydroxylation sites is 1. The molecule has 1 N–H and O–H groups in total. The van der Waals surface area contributed by atoms with Crippen molar-refractivity contribution in [2.24, 2.45) is 0 Å². The van der Waals surface area contributed by atoms with Gasteiger partial charge < -0.3 is 14.3 Å². The minimum Gasteiger partial charge on any atom is -0.507 e. The van der Waals surface area contributed by atoms with Crippen LogP contribution in [0.5, 0.6) is 11.5 Å². The summed E-state index contributed by atoms with van der Waals surface area (Å²) in [5.74, 6) is -0.195. The Balaban J connectivity index is 1.47. The lowest BCUT2D eigenvalue weighted by molar-refractivity contribution is 0.0921. The summed E-state index contributed by atoms with van der Waals surface area (Å²) in [7, 11) is 0. The van der Waals surface area contributed by atoms with Crippen LogP contribution in [0, 0.1) is 6.92 Å². The Kier molecular flexibility index (Phi) is 4.44. The molecule has 1 aromatic heterocycles. The molecule has 152 valence electrons. The van der Waals surface area contributed by atoms with Gasteiger partial charge in [-0.25, -0.2) is 0 Å². The summed E-state index contributed by atoms with van der Waals surface area (Å²) in [5, 5.41) is 13.0. The van der Waals surface area contributed by atoms with Crippen LogP contribution in [0.25, 0.3) is 32.7 Å². The number of ether oxygens (including phenoxy) is 1. The molecular formula is C26H18O5. The molecule has 0 aliphatic rings. The summed E-state index contributed by atoms with van der Waals surface area (Å²) in [6.07, 6.45) is 0. The number of hydrogen-bond acceptors (Lipinski definition) is 5. The number of aromatic hydroxyl groups is 1. The first kappa shape index (κ1) is 18.9. The zero-order valence-electron chi connectivity index (χ0n) is 16.7. The van der Waals surface area contributed by atoms with E-state index < -0.39 is 0 Å². The molecule has 0 aliphatic heterocycles. The number of fused-ring (bicyclic) bond motifs is 3. The molecular weight excluding hydrogens is 392 g/mol. The zero-order chi connectivity index (χ0) is 21.5. The molecule has 0 saturated heterocycles. The van der Waals surface area contributed by atoms with E-state index in [1.54, 1.807) is 18.2 Å². The molecule has 0 aliphatic carbocycles. The van der Waals surface area contributed by atoms with Crippen molar-refractivity contribution >= 4 is 38.5 Å². The van der Waals surface area contributed by atoms with Crippen molar-refractivity contribution in [2.45, 2.75) is 6.92 Å². The number of rotatable bonds is 4. The second-order valence-electron chi connectivity index (χ2n) is 7.47. The lowest BCUT2D eigenvalue weighted by Crippen LogP contribution is -2.11. The molecule has 0 fully saturated rings. The number of Topliss-reactive ketones (excluding diaryl/α,β-unsaturated/α-hetero) is 1. The molecule has 0 saturated carbocycles. The van der Waals surface area contributed by atoms with E-state index in [0.29, 0.717) is 16.5 Å². The molecule has 5 heteroatoms. The van der Waals surface area contributed by atoms with E-state index in [1.807, 2.05) is 49.4 Å². The normalized spacial score (nSPS) is 11.3. The van der Waals surface area contributed by atoms with Crippen molar-refractivity contribution in [2.75, 3.05) is 6.61 Å². The lowest BCUT2D eigenvalue weighted by atomic mass is 10.0. The minimum atomic E-state index is -0.309. The number of phenolic OH excluding ortho intramolecular Hbond substituents is 1. The SMILES string of the molecule is Cc1cccc2c(=O)c3c(O)cc(OCC(=O)c4ccc5ccccc5c4)cc3oc12. The molecule has 5 nitrogen and oxygen atoms in total. The third-order valence-electron chi connectivity index (χ3n) is 5.39. The second kappa shape index (κ2) is 7.29. The molecule has 0 radical (unpaired) electrons. The van der Waals surface area contributed by atoms with Crippen LogP contribution in [0.1, 0.15) is 15.9 Å². The van der Waals surface area contributed by atoms with E-state index in [2.05, 4.69) is 0 Å². The number of benzene rings is 4.